The van der Waals surface area contributed by atoms with Crippen molar-refractivity contribution in [1.82, 2.24) is 5.32 Å². The van der Waals surface area contributed by atoms with Gasteiger partial charge in [-0.15, -0.1) is 0 Å². The molecule has 6 rings (SSSR count). The van der Waals surface area contributed by atoms with E-state index in [0.717, 1.165) is 49.5 Å². The molecule has 0 aromatic rings. The van der Waals surface area contributed by atoms with Crippen molar-refractivity contribution in [2.24, 2.45) is 52.3 Å². The molecule has 4 nitrogen and oxygen atoms in total. The van der Waals surface area contributed by atoms with Gasteiger partial charge in [-0.2, -0.15) is 0 Å². The van der Waals surface area contributed by atoms with E-state index in [1.54, 1.807) is 0 Å². The van der Waals surface area contributed by atoms with E-state index in [1.165, 1.54) is 38.5 Å². The fourth-order valence-corrected chi connectivity index (χ4v) is 10.6. The average molecular weight is 432 g/mol. The number of rotatable bonds is 0. The minimum atomic E-state index is -0.518. The molecule has 31 heavy (non-hydrogen) atoms. The second-order valence-electron chi connectivity index (χ2n) is 13.4. The van der Waals surface area contributed by atoms with Gasteiger partial charge in [0.2, 0.25) is 0 Å². The molecule has 1 spiro atoms. The largest absolute Gasteiger partial charge is 0.393 e. The van der Waals surface area contributed by atoms with Gasteiger partial charge in [-0.05, 0) is 104 Å². The van der Waals surface area contributed by atoms with Crippen LogP contribution in [0.1, 0.15) is 85.5 Å². The monoisotopic (exact) mass is 431 g/mol. The van der Waals surface area contributed by atoms with Gasteiger partial charge in [0.15, 0.2) is 0 Å². The summed E-state index contributed by atoms with van der Waals surface area (Å²) in [5.74, 6) is 4.60. The van der Waals surface area contributed by atoms with E-state index in [4.69, 9.17) is 4.74 Å². The summed E-state index contributed by atoms with van der Waals surface area (Å²) >= 11 is 0. The molecule has 6 aliphatic rings. The molecule has 0 aromatic heterocycles. The number of fused-ring (bicyclic) bond motifs is 7. The van der Waals surface area contributed by atoms with Gasteiger partial charge in [0, 0.05) is 12.5 Å². The summed E-state index contributed by atoms with van der Waals surface area (Å²) in [5, 5.41) is 25.1. The number of aliphatic hydroxyl groups excluding tert-OH is 2. The smallest absolute Gasteiger partial charge is 0.148 e. The van der Waals surface area contributed by atoms with Crippen LogP contribution in [0.5, 0.6) is 0 Å². The van der Waals surface area contributed by atoms with Gasteiger partial charge in [-0.25, -0.2) is 0 Å². The quantitative estimate of drug-likeness (QED) is 0.534. The van der Waals surface area contributed by atoms with Crippen LogP contribution in [0, 0.1) is 52.3 Å². The number of nitrogens with one attached hydrogen (secondary N) is 1. The lowest BCUT2D eigenvalue weighted by Gasteiger charge is -2.61. The van der Waals surface area contributed by atoms with Gasteiger partial charge in [0.05, 0.1) is 18.3 Å². The number of piperidine rings is 1. The lowest BCUT2D eigenvalue weighted by molar-refractivity contribution is -0.180. The first-order valence-electron chi connectivity index (χ1n) is 13.5. The molecule has 0 amide bonds. The molecule has 4 aliphatic carbocycles. The summed E-state index contributed by atoms with van der Waals surface area (Å²) in [6.07, 6.45) is 10.5. The van der Waals surface area contributed by atoms with E-state index in [9.17, 15) is 10.2 Å². The standard InChI is InChI=1S/C27H45NO3/c1-15-11-23(30)27(28-14-15)16(2)24-22(31-27)13-21-19-6-5-17-12-18(29)7-9-25(17,3)20(19)8-10-26(21,24)4/h15-24,28-30H,5-14H2,1-4H3. The van der Waals surface area contributed by atoms with Crippen molar-refractivity contribution in [3.8, 4) is 0 Å². The normalized spacial score (nSPS) is 63.3. The molecule has 2 saturated heterocycles. The predicted octanol–water partition coefficient (Wildman–Crippen LogP) is 4.34. The van der Waals surface area contributed by atoms with Crippen molar-refractivity contribution in [2.75, 3.05) is 6.54 Å². The highest BCUT2D eigenvalue weighted by atomic mass is 16.5. The third kappa shape index (κ3) is 2.74. The van der Waals surface area contributed by atoms with E-state index >= 15 is 0 Å². The molecule has 0 bridgehead atoms. The Labute approximate surface area is 188 Å². The first-order valence-corrected chi connectivity index (χ1v) is 13.5. The molecule has 13 atom stereocenters. The highest BCUT2D eigenvalue weighted by molar-refractivity contribution is 5.17. The summed E-state index contributed by atoms with van der Waals surface area (Å²) < 4.78 is 6.88. The highest BCUT2D eigenvalue weighted by Gasteiger charge is 2.70. The Morgan fingerprint density at radius 2 is 1.65 bits per heavy atom. The zero-order valence-corrected chi connectivity index (χ0v) is 20.1. The van der Waals surface area contributed by atoms with Crippen molar-refractivity contribution in [2.45, 2.75) is 110 Å². The van der Waals surface area contributed by atoms with Gasteiger partial charge in [0.1, 0.15) is 5.72 Å². The Kier molecular flexibility index (Phi) is 4.78. The first kappa shape index (κ1) is 21.4. The fraction of sp³-hybridized carbons (Fsp3) is 1.00. The van der Waals surface area contributed by atoms with Gasteiger partial charge >= 0.3 is 0 Å². The number of hydrogen-bond donors (Lipinski definition) is 3. The Morgan fingerprint density at radius 3 is 2.42 bits per heavy atom. The molecule has 2 aliphatic heterocycles. The SMILES string of the molecule is CC1CNC2(OC3CC4C5CCC6CC(O)CCC6(C)C5CCC4(C)C3C2C)C(O)C1. The summed E-state index contributed by atoms with van der Waals surface area (Å²) in [5.41, 5.74) is 0.262. The predicted molar refractivity (Wildman–Crippen MR) is 121 cm³/mol. The molecule has 2 heterocycles. The third-order valence-electron chi connectivity index (χ3n) is 12.1. The van der Waals surface area contributed by atoms with Crippen molar-refractivity contribution in [3.63, 3.8) is 0 Å². The molecule has 4 heteroatoms. The second kappa shape index (κ2) is 6.93. The summed E-state index contributed by atoms with van der Waals surface area (Å²) in [6, 6.07) is 0. The minimum absolute atomic E-state index is 0.0584. The van der Waals surface area contributed by atoms with Crippen LogP contribution in [0.15, 0.2) is 0 Å². The van der Waals surface area contributed by atoms with E-state index in [2.05, 4.69) is 33.0 Å². The summed E-state index contributed by atoms with van der Waals surface area (Å²) in [7, 11) is 0. The Hall–Kier alpha value is -0.160. The van der Waals surface area contributed by atoms with E-state index < -0.39 is 11.8 Å². The van der Waals surface area contributed by atoms with Crippen molar-refractivity contribution in [3.05, 3.63) is 0 Å². The second-order valence-corrected chi connectivity index (χ2v) is 13.4. The van der Waals surface area contributed by atoms with Crippen LogP contribution in [0.4, 0.5) is 0 Å². The van der Waals surface area contributed by atoms with Crippen molar-refractivity contribution in [1.29, 1.82) is 0 Å². The maximum atomic E-state index is 11.1. The molecule has 0 aromatic carbocycles. The van der Waals surface area contributed by atoms with E-state index in [0.29, 0.717) is 34.7 Å². The lowest BCUT2D eigenvalue weighted by Crippen LogP contribution is -2.64. The summed E-state index contributed by atoms with van der Waals surface area (Å²) in [6.45, 7) is 10.7. The Bertz CT molecular complexity index is 729. The topological polar surface area (TPSA) is 61.7 Å². The maximum absolute atomic E-state index is 11.1. The zero-order valence-electron chi connectivity index (χ0n) is 20.1. The molecule has 176 valence electrons. The van der Waals surface area contributed by atoms with Crippen molar-refractivity contribution >= 4 is 0 Å². The summed E-state index contributed by atoms with van der Waals surface area (Å²) in [4.78, 5) is 0. The van der Waals surface area contributed by atoms with Gasteiger partial charge in [0.25, 0.3) is 0 Å². The van der Waals surface area contributed by atoms with Crippen LogP contribution in [-0.2, 0) is 4.74 Å². The number of ether oxygens (including phenoxy) is 1. The van der Waals surface area contributed by atoms with Crippen LogP contribution in [0.3, 0.4) is 0 Å². The Balaban J connectivity index is 1.27. The van der Waals surface area contributed by atoms with Crippen LogP contribution in [0.25, 0.3) is 0 Å². The van der Waals surface area contributed by atoms with Gasteiger partial charge in [-0.1, -0.05) is 27.7 Å². The molecular weight excluding hydrogens is 386 g/mol. The van der Waals surface area contributed by atoms with E-state index in [1.807, 2.05) is 0 Å². The lowest BCUT2D eigenvalue weighted by atomic mass is 9.44. The van der Waals surface area contributed by atoms with Gasteiger partial charge < -0.3 is 14.9 Å². The number of aliphatic hydroxyl groups is 2. The number of hydrogen-bond acceptors (Lipinski definition) is 4. The first-order chi connectivity index (χ1) is 14.7. The average Bonchev–Trinajstić information content (AvgIpc) is 3.17. The molecule has 4 saturated carbocycles. The molecule has 6 fully saturated rings. The molecule has 13 unspecified atom stereocenters. The molecule has 0 radical (unpaired) electrons. The fourth-order valence-electron chi connectivity index (χ4n) is 10.6. The van der Waals surface area contributed by atoms with E-state index in [-0.39, 0.29) is 6.10 Å². The highest BCUT2D eigenvalue weighted by Crippen LogP contribution is 2.71. The molecular formula is C27H45NO3. The van der Waals surface area contributed by atoms with Crippen LogP contribution < -0.4 is 5.32 Å². The maximum Gasteiger partial charge on any atom is 0.148 e. The van der Waals surface area contributed by atoms with Crippen molar-refractivity contribution < 1.29 is 14.9 Å². The minimum Gasteiger partial charge on any atom is -0.393 e. The van der Waals surface area contributed by atoms with Gasteiger partial charge in [-0.3, -0.25) is 5.32 Å². The van der Waals surface area contributed by atoms with Crippen LogP contribution in [-0.4, -0.2) is 40.8 Å². The molecule has 3 N–H and O–H groups in total. The Morgan fingerprint density at radius 1 is 0.871 bits per heavy atom. The zero-order chi connectivity index (χ0) is 21.8. The third-order valence-corrected chi connectivity index (χ3v) is 12.1. The van der Waals surface area contributed by atoms with Crippen LogP contribution >= 0.6 is 0 Å². The van der Waals surface area contributed by atoms with Crippen LogP contribution in [0.2, 0.25) is 0 Å².